The first kappa shape index (κ1) is 23.1. The van der Waals surface area contributed by atoms with Crippen molar-refractivity contribution < 1.29 is 14.0 Å². The third-order valence-electron chi connectivity index (χ3n) is 4.97. The molecule has 172 valence electrons. The molecule has 4 rings (SSSR count). The van der Waals surface area contributed by atoms with E-state index in [1.165, 1.54) is 47.4 Å². The Morgan fingerprint density at radius 3 is 2.42 bits per heavy atom. The molecule has 2 amide bonds. The lowest BCUT2D eigenvalue weighted by Crippen LogP contribution is -2.50. The standard InChI is InChI=1S/C22H23FN6O2S2/c23-16-6-8-18(9-7-16)24-19(30)14-28-10-12-29(13-11-28)20(31)15-32-22-27-26-21(33-22)25-17-4-2-1-3-5-17/h1-9H,10-15H2,(H,24,30)(H,25,26). The molecular formula is C22H23FN6O2S2. The van der Waals surface area contributed by atoms with E-state index < -0.39 is 0 Å². The number of piperazine rings is 1. The van der Waals surface area contributed by atoms with Gasteiger partial charge in [0.25, 0.3) is 0 Å². The summed E-state index contributed by atoms with van der Waals surface area (Å²) in [6, 6.07) is 15.4. The van der Waals surface area contributed by atoms with Crippen LogP contribution in [0.2, 0.25) is 0 Å². The highest BCUT2D eigenvalue weighted by molar-refractivity contribution is 8.01. The number of hydrogen-bond acceptors (Lipinski definition) is 8. The number of halogens is 1. The van der Waals surface area contributed by atoms with Gasteiger partial charge in [0.2, 0.25) is 16.9 Å². The van der Waals surface area contributed by atoms with E-state index in [1.807, 2.05) is 40.1 Å². The van der Waals surface area contributed by atoms with Crippen LogP contribution in [0.25, 0.3) is 0 Å². The molecule has 2 heterocycles. The van der Waals surface area contributed by atoms with Crippen LogP contribution in [0.1, 0.15) is 0 Å². The maximum absolute atomic E-state index is 13.0. The summed E-state index contributed by atoms with van der Waals surface area (Å²) < 4.78 is 13.7. The van der Waals surface area contributed by atoms with E-state index in [0.717, 1.165) is 10.0 Å². The van der Waals surface area contributed by atoms with Crippen LogP contribution >= 0.6 is 23.1 Å². The first-order valence-electron chi connectivity index (χ1n) is 10.4. The fourth-order valence-corrected chi connectivity index (χ4v) is 4.95. The number of aromatic nitrogens is 2. The SMILES string of the molecule is O=C(CN1CCN(C(=O)CSc2nnc(Nc3ccccc3)s2)CC1)Nc1ccc(F)cc1. The van der Waals surface area contributed by atoms with Crippen LogP contribution in [0.3, 0.4) is 0 Å². The van der Waals surface area contributed by atoms with Gasteiger partial charge in [-0.1, -0.05) is 41.3 Å². The molecule has 1 aromatic heterocycles. The lowest BCUT2D eigenvalue weighted by atomic mass is 10.3. The molecule has 1 fully saturated rings. The minimum atomic E-state index is -0.345. The van der Waals surface area contributed by atoms with Crippen molar-refractivity contribution in [3.63, 3.8) is 0 Å². The molecule has 1 saturated heterocycles. The Balaban J connectivity index is 1.17. The third kappa shape index (κ3) is 6.98. The average Bonchev–Trinajstić information content (AvgIpc) is 3.27. The zero-order valence-electron chi connectivity index (χ0n) is 17.7. The summed E-state index contributed by atoms with van der Waals surface area (Å²) in [4.78, 5) is 28.6. The fourth-order valence-electron chi connectivity index (χ4n) is 3.27. The zero-order valence-corrected chi connectivity index (χ0v) is 19.4. The van der Waals surface area contributed by atoms with Crippen LogP contribution < -0.4 is 10.6 Å². The summed E-state index contributed by atoms with van der Waals surface area (Å²) in [5.41, 5.74) is 1.50. The number of carbonyl (C=O) groups is 2. The second-order valence-electron chi connectivity index (χ2n) is 7.36. The van der Waals surface area contributed by atoms with E-state index in [4.69, 9.17) is 0 Å². The molecule has 2 N–H and O–H groups in total. The van der Waals surface area contributed by atoms with Gasteiger partial charge in [-0.3, -0.25) is 14.5 Å². The molecule has 0 unspecified atom stereocenters. The van der Waals surface area contributed by atoms with Crippen molar-refractivity contribution in [2.24, 2.45) is 0 Å². The molecule has 0 bridgehead atoms. The maximum atomic E-state index is 13.0. The van der Waals surface area contributed by atoms with Crippen molar-refractivity contribution in [1.82, 2.24) is 20.0 Å². The lowest BCUT2D eigenvalue weighted by molar-refractivity contribution is -0.130. The molecule has 0 saturated carbocycles. The predicted octanol–water partition coefficient (Wildman–Crippen LogP) is 3.30. The van der Waals surface area contributed by atoms with Crippen molar-refractivity contribution in [1.29, 1.82) is 0 Å². The highest BCUT2D eigenvalue weighted by Crippen LogP contribution is 2.27. The number of benzene rings is 2. The van der Waals surface area contributed by atoms with E-state index in [2.05, 4.69) is 20.8 Å². The summed E-state index contributed by atoms with van der Waals surface area (Å²) in [5, 5.41) is 14.9. The molecule has 1 aliphatic heterocycles. The Hall–Kier alpha value is -3.02. The molecule has 0 spiro atoms. The fraction of sp³-hybridized carbons (Fsp3) is 0.273. The average molecular weight is 487 g/mol. The van der Waals surface area contributed by atoms with Gasteiger partial charge < -0.3 is 15.5 Å². The van der Waals surface area contributed by atoms with Crippen molar-refractivity contribution >= 4 is 51.4 Å². The summed E-state index contributed by atoms with van der Waals surface area (Å²) in [6.07, 6.45) is 0. The van der Waals surface area contributed by atoms with Gasteiger partial charge in [0.05, 0.1) is 12.3 Å². The van der Waals surface area contributed by atoms with E-state index in [-0.39, 0.29) is 24.2 Å². The Kier molecular flexibility index (Phi) is 7.87. The molecule has 11 heteroatoms. The van der Waals surface area contributed by atoms with Gasteiger partial charge in [-0.15, -0.1) is 10.2 Å². The van der Waals surface area contributed by atoms with Crippen LogP contribution in [0, 0.1) is 5.82 Å². The van der Waals surface area contributed by atoms with Crippen LogP contribution in [0.4, 0.5) is 20.9 Å². The van der Waals surface area contributed by atoms with Gasteiger partial charge in [0.15, 0.2) is 4.34 Å². The van der Waals surface area contributed by atoms with Crippen LogP contribution in [0.15, 0.2) is 58.9 Å². The predicted molar refractivity (Wildman–Crippen MR) is 128 cm³/mol. The van der Waals surface area contributed by atoms with Crippen molar-refractivity contribution in [3.8, 4) is 0 Å². The number of rotatable bonds is 8. The van der Waals surface area contributed by atoms with Gasteiger partial charge in [-0.25, -0.2) is 4.39 Å². The van der Waals surface area contributed by atoms with Crippen LogP contribution in [0.5, 0.6) is 0 Å². The smallest absolute Gasteiger partial charge is 0.238 e. The largest absolute Gasteiger partial charge is 0.339 e. The number of anilines is 3. The number of para-hydroxylation sites is 1. The van der Waals surface area contributed by atoms with E-state index >= 15 is 0 Å². The number of thioether (sulfide) groups is 1. The molecule has 0 atom stereocenters. The normalized spacial score (nSPS) is 14.2. The Labute approximate surface area is 199 Å². The van der Waals surface area contributed by atoms with E-state index in [9.17, 15) is 14.0 Å². The second kappa shape index (κ2) is 11.2. The number of hydrogen-bond donors (Lipinski definition) is 2. The highest BCUT2D eigenvalue weighted by Gasteiger charge is 2.23. The quantitative estimate of drug-likeness (QED) is 0.472. The first-order chi connectivity index (χ1) is 16.0. The van der Waals surface area contributed by atoms with Crippen molar-refractivity contribution in [3.05, 3.63) is 60.4 Å². The zero-order chi connectivity index (χ0) is 23.0. The highest BCUT2D eigenvalue weighted by atomic mass is 32.2. The number of nitrogens with zero attached hydrogens (tertiary/aromatic N) is 4. The van der Waals surface area contributed by atoms with Crippen LogP contribution in [-0.2, 0) is 9.59 Å². The van der Waals surface area contributed by atoms with Crippen LogP contribution in [-0.4, -0.2) is 70.3 Å². The minimum Gasteiger partial charge on any atom is -0.339 e. The second-order valence-corrected chi connectivity index (χ2v) is 9.56. The molecular weight excluding hydrogens is 463 g/mol. The number of amides is 2. The van der Waals surface area contributed by atoms with Gasteiger partial charge in [-0.05, 0) is 36.4 Å². The van der Waals surface area contributed by atoms with Crippen molar-refractivity contribution in [2.75, 3.05) is 49.1 Å². The Bertz CT molecular complexity index is 1070. The van der Waals surface area contributed by atoms with Crippen molar-refractivity contribution in [2.45, 2.75) is 4.34 Å². The molecule has 2 aromatic carbocycles. The molecule has 0 aliphatic carbocycles. The first-order valence-corrected chi connectivity index (χ1v) is 12.2. The van der Waals surface area contributed by atoms with Gasteiger partial charge in [0, 0.05) is 37.6 Å². The van der Waals surface area contributed by atoms with E-state index in [0.29, 0.717) is 42.8 Å². The van der Waals surface area contributed by atoms with E-state index in [1.54, 1.807) is 0 Å². The maximum Gasteiger partial charge on any atom is 0.238 e. The summed E-state index contributed by atoms with van der Waals surface area (Å²) in [6.45, 7) is 2.62. The topological polar surface area (TPSA) is 90.5 Å². The Morgan fingerprint density at radius 1 is 0.970 bits per heavy atom. The lowest BCUT2D eigenvalue weighted by Gasteiger charge is -2.34. The van der Waals surface area contributed by atoms with Gasteiger partial charge >= 0.3 is 0 Å². The summed E-state index contributed by atoms with van der Waals surface area (Å²) in [5.74, 6) is -0.163. The monoisotopic (exact) mass is 486 g/mol. The third-order valence-corrected chi connectivity index (χ3v) is 6.93. The summed E-state index contributed by atoms with van der Waals surface area (Å²) in [7, 11) is 0. The number of carbonyl (C=O) groups excluding carboxylic acids is 2. The Morgan fingerprint density at radius 2 is 1.70 bits per heavy atom. The molecule has 1 aliphatic rings. The number of nitrogens with one attached hydrogen (secondary N) is 2. The molecule has 33 heavy (non-hydrogen) atoms. The molecule has 0 radical (unpaired) electrons. The molecule has 8 nitrogen and oxygen atoms in total. The summed E-state index contributed by atoms with van der Waals surface area (Å²) >= 11 is 2.79. The minimum absolute atomic E-state index is 0.0446. The van der Waals surface area contributed by atoms with Gasteiger partial charge in [-0.2, -0.15) is 0 Å². The molecule has 3 aromatic rings. The van der Waals surface area contributed by atoms with Gasteiger partial charge in [0.1, 0.15) is 5.82 Å².